The molecule has 0 aromatic carbocycles. The Balaban J connectivity index is 4.10. The fourth-order valence-corrected chi connectivity index (χ4v) is 4.74. The van der Waals surface area contributed by atoms with Gasteiger partial charge in [0.25, 0.3) is 0 Å². The number of hydrogen-bond acceptors (Lipinski definition) is 7. The molecule has 0 aromatic rings. The number of allylic oxidation sites excluding steroid dienone is 10. The third kappa shape index (κ3) is 36.4. The topological polar surface area (TPSA) is 140 Å². The van der Waals surface area contributed by atoms with E-state index in [2.05, 4.69) is 60.1 Å². The molecule has 0 fully saturated rings. The summed E-state index contributed by atoms with van der Waals surface area (Å²) in [7, 11) is -4.77. The van der Waals surface area contributed by atoms with Gasteiger partial charge in [-0.3, -0.25) is 14.1 Å². The fourth-order valence-electron chi connectivity index (χ4n) is 4.38. The maximum Gasteiger partial charge on any atom is 0.469 e. The molecule has 9 nitrogen and oxygen atoms in total. The lowest BCUT2D eigenvalue weighted by Crippen LogP contribution is -2.29. The number of phosphoric acid groups is 1. The molecule has 1 atom stereocenters. The third-order valence-electron chi connectivity index (χ3n) is 7.06. The van der Waals surface area contributed by atoms with Gasteiger partial charge in [0.15, 0.2) is 6.10 Å². The highest BCUT2D eigenvalue weighted by Crippen LogP contribution is 2.35. The van der Waals surface area contributed by atoms with E-state index in [1.54, 1.807) is 0 Å². The van der Waals surface area contributed by atoms with E-state index >= 15 is 0 Å². The molecule has 0 aromatic heterocycles. The van der Waals surface area contributed by atoms with Crippen molar-refractivity contribution >= 4 is 19.8 Å². The Hall–Kier alpha value is -2.29. The summed E-state index contributed by atoms with van der Waals surface area (Å²) in [5, 5.41) is 8.76. The first kappa shape index (κ1) is 44.7. The second kappa shape index (κ2) is 33.6. The van der Waals surface area contributed by atoms with Crippen LogP contribution in [0.2, 0.25) is 0 Å². The largest absolute Gasteiger partial charge is 0.469 e. The van der Waals surface area contributed by atoms with E-state index in [9.17, 15) is 14.2 Å². The van der Waals surface area contributed by atoms with Gasteiger partial charge in [0.2, 0.25) is 0 Å². The van der Waals surface area contributed by atoms with Crippen LogP contribution >= 0.6 is 7.82 Å². The number of aliphatic hydroxyl groups is 1. The normalized spacial score (nSPS) is 13.2. The molecular formula is C37H63O9P. The van der Waals surface area contributed by atoms with Crippen molar-refractivity contribution in [1.29, 1.82) is 0 Å². The molecule has 0 aliphatic heterocycles. The summed E-state index contributed by atoms with van der Waals surface area (Å²) in [5.41, 5.74) is 0. The molecule has 0 unspecified atom stereocenters. The highest BCUT2D eigenvalue weighted by atomic mass is 31.2. The number of carbonyl (C=O) groups excluding carboxylic acids is 2. The van der Waals surface area contributed by atoms with Gasteiger partial charge in [0, 0.05) is 19.4 Å². The lowest BCUT2D eigenvalue weighted by molar-refractivity contribution is -0.161. The van der Waals surface area contributed by atoms with Crippen LogP contribution in [0.3, 0.4) is 0 Å². The van der Waals surface area contributed by atoms with Crippen LogP contribution in [0.15, 0.2) is 60.8 Å². The Bertz CT molecular complexity index is 949. The molecule has 47 heavy (non-hydrogen) atoms. The molecule has 0 spiro atoms. The molecule has 270 valence electrons. The van der Waals surface area contributed by atoms with Gasteiger partial charge in [-0.05, 0) is 77.0 Å². The van der Waals surface area contributed by atoms with Gasteiger partial charge >= 0.3 is 19.8 Å². The van der Waals surface area contributed by atoms with Crippen molar-refractivity contribution in [2.45, 2.75) is 141 Å². The molecule has 0 bridgehead atoms. The van der Waals surface area contributed by atoms with Crippen LogP contribution < -0.4 is 0 Å². The predicted octanol–water partition coefficient (Wildman–Crippen LogP) is 9.15. The van der Waals surface area contributed by atoms with Crippen LogP contribution in [-0.4, -0.2) is 52.8 Å². The summed E-state index contributed by atoms with van der Waals surface area (Å²) in [6.07, 6.45) is 38.2. The summed E-state index contributed by atoms with van der Waals surface area (Å²) in [5.74, 6) is -0.984. The number of esters is 2. The molecule has 0 rings (SSSR count). The van der Waals surface area contributed by atoms with E-state index in [-0.39, 0.29) is 26.1 Å². The number of carbonyl (C=O) groups is 2. The Morgan fingerprint density at radius 2 is 1.06 bits per heavy atom. The van der Waals surface area contributed by atoms with Crippen LogP contribution in [0.25, 0.3) is 0 Å². The highest BCUT2D eigenvalue weighted by molar-refractivity contribution is 7.46. The molecule has 10 heteroatoms. The summed E-state index contributed by atoms with van der Waals surface area (Å²) in [6.45, 7) is 1.57. The average Bonchev–Trinajstić information content (AvgIpc) is 3.03. The summed E-state index contributed by atoms with van der Waals surface area (Å²) >= 11 is 0. The summed E-state index contributed by atoms with van der Waals surface area (Å²) in [6, 6.07) is 0. The number of unbranched alkanes of at least 4 members (excludes halogenated alkanes) is 11. The van der Waals surface area contributed by atoms with Gasteiger partial charge < -0.3 is 24.4 Å². The molecule has 3 N–H and O–H groups in total. The van der Waals surface area contributed by atoms with E-state index in [4.69, 9.17) is 24.4 Å². The van der Waals surface area contributed by atoms with E-state index < -0.39 is 32.5 Å². The Kier molecular flexibility index (Phi) is 32.0. The number of rotatable bonds is 32. The highest BCUT2D eigenvalue weighted by Gasteiger charge is 2.22. The number of phosphoric ester groups is 1. The van der Waals surface area contributed by atoms with E-state index in [0.717, 1.165) is 83.5 Å². The quantitative estimate of drug-likeness (QED) is 0.0274. The zero-order chi connectivity index (χ0) is 34.7. The maximum absolute atomic E-state index is 12.3. The zero-order valence-corrected chi connectivity index (χ0v) is 29.7. The Morgan fingerprint density at radius 3 is 1.64 bits per heavy atom. The van der Waals surface area contributed by atoms with Crippen molar-refractivity contribution < 1.29 is 43.0 Å². The van der Waals surface area contributed by atoms with Crippen LogP contribution in [0.4, 0.5) is 0 Å². The minimum Gasteiger partial charge on any atom is -0.462 e. The van der Waals surface area contributed by atoms with Gasteiger partial charge in [0.1, 0.15) is 6.61 Å². The second-order valence-electron chi connectivity index (χ2n) is 11.6. The van der Waals surface area contributed by atoms with Gasteiger partial charge in [-0.15, -0.1) is 0 Å². The van der Waals surface area contributed by atoms with Gasteiger partial charge in [-0.1, -0.05) is 106 Å². The number of aliphatic hydroxyl groups excluding tert-OH is 1. The van der Waals surface area contributed by atoms with Crippen LogP contribution in [-0.2, 0) is 28.2 Å². The first-order chi connectivity index (χ1) is 22.8. The van der Waals surface area contributed by atoms with Gasteiger partial charge in [-0.25, -0.2) is 4.57 Å². The number of ether oxygens (including phenoxy) is 2. The smallest absolute Gasteiger partial charge is 0.462 e. The SMILES string of the molecule is CCCC/C=C\CCCCCCCC(=O)O[C@H](COC(=O)CCC/C=C\C/C=C\C/C=C\C/C=C\CCCCCO)COP(=O)(O)O. The van der Waals surface area contributed by atoms with Crippen molar-refractivity contribution in [2.24, 2.45) is 0 Å². The monoisotopic (exact) mass is 682 g/mol. The predicted molar refractivity (Wildman–Crippen MR) is 190 cm³/mol. The molecule has 0 saturated carbocycles. The van der Waals surface area contributed by atoms with Crippen molar-refractivity contribution in [3.63, 3.8) is 0 Å². The van der Waals surface area contributed by atoms with E-state index in [1.165, 1.54) is 12.8 Å². The molecular weight excluding hydrogens is 619 g/mol. The minimum absolute atomic E-state index is 0.177. The lowest BCUT2D eigenvalue weighted by Gasteiger charge is -2.18. The first-order valence-corrected chi connectivity index (χ1v) is 19.2. The standard InChI is InChI=1S/C37H63O9P/c1-2-3-4-5-6-7-15-19-22-25-28-31-37(40)46-35(34-45-47(41,42)43)33-44-36(39)30-27-24-21-18-16-13-11-9-8-10-12-14-17-20-23-26-29-32-38/h5-6,8,10-11,13-14,17-18,21,35,38H,2-4,7,9,12,15-16,19-20,22-34H2,1H3,(H2,41,42,43)/b6-5-,10-8-,13-11-,17-14-,21-18-/t35-/m1/s1. The van der Waals surface area contributed by atoms with Gasteiger partial charge in [0.05, 0.1) is 6.61 Å². The first-order valence-electron chi connectivity index (χ1n) is 17.7. The summed E-state index contributed by atoms with van der Waals surface area (Å²) in [4.78, 5) is 42.5. The van der Waals surface area contributed by atoms with Crippen LogP contribution in [0.1, 0.15) is 135 Å². The average molecular weight is 683 g/mol. The zero-order valence-electron chi connectivity index (χ0n) is 28.9. The van der Waals surface area contributed by atoms with Gasteiger partial charge in [-0.2, -0.15) is 0 Å². The molecule has 0 saturated heterocycles. The molecule has 0 aliphatic rings. The van der Waals surface area contributed by atoms with E-state index in [1.807, 2.05) is 12.2 Å². The maximum atomic E-state index is 12.3. The molecule has 0 radical (unpaired) electrons. The Labute approximate surface area is 284 Å². The lowest BCUT2D eigenvalue weighted by atomic mass is 10.1. The van der Waals surface area contributed by atoms with Crippen molar-refractivity contribution in [3.05, 3.63) is 60.8 Å². The Morgan fingerprint density at radius 1 is 0.596 bits per heavy atom. The molecule has 0 amide bonds. The molecule has 0 heterocycles. The fraction of sp³-hybridized carbons (Fsp3) is 0.676. The van der Waals surface area contributed by atoms with E-state index in [0.29, 0.717) is 19.3 Å². The van der Waals surface area contributed by atoms with Crippen LogP contribution in [0, 0.1) is 0 Å². The van der Waals surface area contributed by atoms with Crippen molar-refractivity contribution in [3.8, 4) is 0 Å². The minimum atomic E-state index is -4.77. The van der Waals surface area contributed by atoms with Crippen LogP contribution in [0.5, 0.6) is 0 Å². The van der Waals surface area contributed by atoms with Crippen molar-refractivity contribution in [1.82, 2.24) is 0 Å². The third-order valence-corrected chi connectivity index (χ3v) is 7.55. The van der Waals surface area contributed by atoms with Crippen molar-refractivity contribution in [2.75, 3.05) is 19.8 Å². The number of hydrogen-bond donors (Lipinski definition) is 3. The second-order valence-corrected chi connectivity index (χ2v) is 12.8. The summed E-state index contributed by atoms with van der Waals surface area (Å²) < 4.78 is 26.1. The molecule has 0 aliphatic carbocycles.